The van der Waals surface area contributed by atoms with E-state index in [0.29, 0.717) is 58.4 Å². The molecule has 38 heteroatoms. The third kappa shape index (κ3) is 27.0. The first-order valence-corrected chi connectivity index (χ1v) is 50.4. The molecule has 6 saturated heterocycles. The highest BCUT2D eigenvalue weighted by Crippen LogP contribution is 2.67. The molecule has 0 radical (unpaired) electrons. The van der Waals surface area contributed by atoms with Crippen molar-refractivity contribution in [2.45, 2.75) is 341 Å². The molecule has 140 heavy (non-hydrogen) atoms. The van der Waals surface area contributed by atoms with Crippen molar-refractivity contribution in [1.82, 2.24) is 87.9 Å². The largest absolute Gasteiger partial charge is 0.363 e. The van der Waals surface area contributed by atoms with E-state index in [0.717, 1.165) is 44.9 Å². The molecule has 11 rings (SSSR count). The highest BCUT2D eigenvalue weighted by atomic mass is 16.2. The van der Waals surface area contributed by atoms with Gasteiger partial charge < -0.3 is 83.8 Å². The standard InChI is InChI=1S/C35H54N6O7.C34H54N6O7.C33H54N6O6/c1-10-15-36-30(46)27(44)21(16-19-11-12-19)37-29(45)26-25-20(35(25,8)9)17-41(26)31(47)28(34(5,6)7)39-32(48)38-22(33(2,3)4)18-40-23(42)13-14-24(40)43;1-11-13-20(26(43)29(45)35-16-12-2)36-28(44)25-24-19(34(24,9)10)17-40(25)30(46)27(33(6,7)8)38-31(47)37-21(32(3,4)5)18-39-22(41)14-15-23(39)42;1-18(2)22(17-38-14-9-8-13-23(38)40)36-31(45)37-27(32(3,4)5)30(44)39-16-20-24(33(20,6)7)25(39)29(43)35-21(26(41)28(34)42)15-19-11-10-12-19/h10,19-22,25-26,28H,1,11-18H2,2-9H3,(H,36,46)(H,37,45)(H2,38,39,48);12,19-21,24-25,27H,2,11,13-18H2,1,3-10H3,(H,35,45)(H,36,44)(H2,37,38,47);18-22,24-25,27H,8-17H2,1-7H3,(H2,34,42)(H,35,43)(H2,36,37,45)/t20-,21?,22+,25-,26-,28+;19-,20?,21+,24-,25-,27+;20-,21?,22+,24-,25-,27+/m000/s1. The summed E-state index contributed by atoms with van der Waals surface area (Å²) in [5.74, 6) is -8.44. The zero-order valence-corrected chi connectivity index (χ0v) is 87.3. The topological polar surface area (TPSA) is 519 Å². The Labute approximate surface area is 825 Å². The molecule has 3 unspecified atom stereocenters. The van der Waals surface area contributed by atoms with E-state index in [9.17, 15) is 95.9 Å². The van der Waals surface area contributed by atoms with Crippen molar-refractivity contribution < 1.29 is 95.9 Å². The van der Waals surface area contributed by atoms with Gasteiger partial charge in [0, 0.05) is 91.0 Å². The number of Topliss-reactive ketones (excluding diaryl/α,β-unsaturated/α-hetero) is 3. The molecular weight excluding hydrogens is 1800 g/mol. The molecule has 18 atom stereocenters. The monoisotopic (exact) mass is 1960 g/mol. The first kappa shape index (κ1) is 113. The Kier molecular flexibility index (Phi) is 35.8. The fourth-order valence-electron chi connectivity index (χ4n) is 21.2. The number of nitrogens with zero attached hydrogens (tertiary/aromatic N) is 6. The van der Waals surface area contributed by atoms with Crippen molar-refractivity contribution >= 4 is 118 Å². The minimum Gasteiger partial charge on any atom is -0.363 e. The van der Waals surface area contributed by atoms with Crippen LogP contribution in [0.15, 0.2) is 25.3 Å². The summed E-state index contributed by atoms with van der Waals surface area (Å²) in [6, 6.07) is -12.0. The van der Waals surface area contributed by atoms with Crippen molar-refractivity contribution in [3.05, 3.63) is 25.3 Å². The first-order valence-electron chi connectivity index (χ1n) is 50.4. The first-order chi connectivity index (χ1) is 64.8. The van der Waals surface area contributed by atoms with E-state index < -0.39 is 176 Å². The number of primary amides is 1. The number of likely N-dealkylation sites (tertiary alicyclic amines) is 6. The summed E-state index contributed by atoms with van der Waals surface area (Å²) < 4.78 is 0. The van der Waals surface area contributed by atoms with Crippen molar-refractivity contribution in [1.29, 1.82) is 0 Å². The van der Waals surface area contributed by atoms with Crippen LogP contribution in [0.3, 0.4) is 0 Å². The summed E-state index contributed by atoms with van der Waals surface area (Å²) in [6.45, 7) is 55.3. The van der Waals surface area contributed by atoms with E-state index in [1.807, 2.05) is 138 Å². The second-order valence-corrected chi connectivity index (χ2v) is 48.3. The van der Waals surface area contributed by atoms with Crippen molar-refractivity contribution in [3.63, 3.8) is 0 Å². The zero-order chi connectivity index (χ0) is 105. The summed E-state index contributed by atoms with van der Waals surface area (Å²) >= 11 is 0. The van der Waals surface area contributed by atoms with Gasteiger partial charge in [-0.05, 0) is 129 Å². The van der Waals surface area contributed by atoms with Crippen LogP contribution >= 0.6 is 0 Å². The molecule has 11 aliphatic rings. The maximum absolute atomic E-state index is 14.4. The van der Waals surface area contributed by atoms with Crippen molar-refractivity contribution in [2.24, 2.45) is 102 Å². The van der Waals surface area contributed by atoms with Crippen LogP contribution < -0.4 is 64.2 Å². The highest BCUT2D eigenvalue weighted by Gasteiger charge is 2.73. The molecule has 6 heterocycles. The van der Waals surface area contributed by atoms with E-state index in [4.69, 9.17) is 5.73 Å². The van der Waals surface area contributed by atoms with Gasteiger partial charge in [0.15, 0.2) is 0 Å². The number of amides is 20. The predicted molar refractivity (Wildman–Crippen MR) is 522 cm³/mol. The molecular formula is C102H162N18O20. The van der Waals surface area contributed by atoms with E-state index in [2.05, 4.69) is 99.3 Å². The van der Waals surface area contributed by atoms with Crippen LogP contribution in [0.5, 0.6) is 0 Å². The SMILES string of the molecule is C=CCNC(=O)C(=O)C(CC1CC1)NC(=O)[C@@H]1[C@@H]2[C@H](CN1C(=O)[C@@H](NC(=O)N[C@H](CN1C(=O)CCC1=O)C(C)(C)C)C(C)(C)C)C2(C)C.C=CCNC(=O)C(=O)C(CCC)NC(=O)[C@@H]1[C@@H]2[C@H](CN1C(=O)[C@@H](NC(=O)N[C@H](CN1C(=O)CCC1=O)C(C)(C)C)C(C)(C)C)C2(C)C.CC(C)[C@@H](CN1CCCCC1=O)NC(=O)N[C@H](C(=O)N1C[C@H]2[C@@H]([C@H]1C(=O)NC(CC1CCC1)C(=O)C(N)=O)C2(C)C)C(C)(C)C. The van der Waals surface area contributed by atoms with Crippen LogP contribution in [0.4, 0.5) is 14.4 Å². The molecule has 0 aromatic rings. The number of fused-ring (bicyclic) bond motifs is 3. The Hall–Kier alpha value is -10.7. The number of carbonyl (C=O) groups excluding carboxylic acids is 20. The number of rotatable bonds is 38. The molecule has 5 saturated carbocycles. The number of hydrogen-bond acceptors (Lipinski definition) is 20. The molecule has 38 nitrogen and oxygen atoms in total. The van der Waals surface area contributed by atoms with Gasteiger partial charge in [-0.15, -0.1) is 13.2 Å². The van der Waals surface area contributed by atoms with Crippen LogP contribution in [0.2, 0.25) is 0 Å². The van der Waals surface area contributed by atoms with Gasteiger partial charge in [0.2, 0.25) is 82.3 Å². The summed E-state index contributed by atoms with van der Waals surface area (Å²) in [6.07, 6.45) is 12.0. The van der Waals surface area contributed by atoms with Crippen molar-refractivity contribution in [2.75, 3.05) is 58.9 Å². The lowest BCUT2D eigenvalue weighted by Gasteiger charge is -2.39. The predicted octanol–water partition coefficient (Wildman–Crippen LogP) is 5.76. The molecule has 13 N–H and O–H groups in total. The van der Waals surface area contributed by atoms with Gasteiger partial charge in [-0.1, -0.05) is 217 Å². The lowest BCUT2D eigenvalue weighted by Crippen LogP contribution is -2.63. The van der Waals surface area contributed by atoms with Gasteiger partial charge >= 0.3 is 18.1 Å². The van der Waals surface area contributed by atoms with E-state index in [1.165, 1.54) is 31.8 Å². The van der Waals surface area contributed by atoms with Crippen LogP contribution in [-0.2, 0) is 81.5 Å². The van der Waals surface area contributed by atoms with Crippen molar-refractivity contribution in [3.8, 4) is 0 Å². The van der Waals surface area contributed by atoms with E-state index >= 15 is 0 Å². The fraction of sp³-hybridized carbons (Fsp3) is 0.765. The number of piperidine rings is 4. The highest BCUT2D eigenvalue weighted by molar-refractivity contribution is 6.39. The molecule has 20 amide bonds. The van der Waals surface area contributed by atoms with Crippen LogP contribution in [0.1, 0.15) is 269 Å². The second kappa shape index (κ2) is 44.4. The van der Waals surface area contributed by atoms with Gasteiger partial charge in [0.05, 0.1) is 36.3 Å². The Morgan fingerprint density at radius 1 is 0.407 bits per heavy atom. The minimum absolute atomic E-state index is 0.0127. The number of hydrogen-bond donors (Lipinski definition) is 12. The number of carbonyl (C=O) groups is 20. The number of imide groups is 2. The summed E-state index contributed by atoms with van der Waals surface area (Å²) in [4.78, 5) is 271. The van der Waals surface area contributed by atoms with Gasteiger partial charge in [0.25, 0.3) is 17.7 Å². The number of nitrogens with two attached hydrogens (primary N) is 1. The Balaban J connectivity index is 0.000000235. The summed E-state index contributed by atoms with van der Waals surface area (Å²) in [5.41, 5.74) is 1.48. The third-order valence-electron chi connectivity index (χ3n) is 31.2. The number of nitrogens with one attached hydrogen (secondary N) is 11. The molecule has 0 bridgehead atoms. The maximum atomic E-state index is 14.4. The van der Waals surface area contributed by atoms with Crippen LogP contribution in [-0.4, -0.2) is 279 Å². The molecule has 11 fully saturated rings. The molecule has 0 aromatic heterocycles. The number of ketones is 3. The normalized spacial score (nSPS) is 25.0. The second-order valence-electron chi connectivity index (χ2n) is 48.3. The molecule has 0 aromatic carbocycles. The quantitative estimate of drug-likeness (QED) is 0.0199. The van der Waals surface area contributed by atoms with Crippen LogP contribution in [0.25, 0.3) is 0 Å². The third-order valence-corrected chi connectivity index (χ3v) is 31.2. The Morgan fingerprint density at radius 2 is 0.736 bits per heavy atom. The minimum atomic E-state index is -1.09. The lowest BCUT2D eigenvalue weighted by molar-refractivity contribution is -0.145. The maximum Gasteiger partial charge on any atom is 0.315 e. The summed E-state index contributed by atoms with van der Waals surface area (Å²) in [5, 5.41) is 30.7. The van der Waals surface area contributed by atoms with Gasteiger partial charge in [0.1, 0.15) is 36.3 Å². The fourth-order valence-corrected chi connectivity index (χ4v) is 21.2. The zero-order valence-electron chi connectivity index (χ0n) is 87.3. The van der Waals surface area contributed by atoms with Gasteiger partial charge in [-0.3, -0.25) is 91.3 Å². The van der Waals surface area contributed by atoms with E-state index in [1.54, 1.807) is 9.80 Å². The molecule has 5 aliphatic carbocycles. The Morgan fingerprint density at radius 3 is 1.03 bits per heavy atom. The summed E-state index contributed by atoms with van der Waals surface area (Å²) in [7, 11) is 0. The number of urea groups is 3. The molecule has 0 spiro atoms. The molecule has 6 aliphatic heterocycles. The smallest absolute Gasteiger partial charge is 0.315 e. The average Bonchev–Trinajstić information content (AvgIpc) is 1.53. The average molecular weight is 1960 g/mol. The van der Waals surface area contributed by atoms with Gasteiger partial charge in [-0.25, -0.2) is 14.4 Å². The Bertz CT molecular complexity index is 4730. The van der Waals surface area contributed by atoms with Crippen LogP contribution in [0, 0.1) is 96.6 Å². The molecule has 780 valence electrons. The lowest BCUT2D eigenvalue weighted by atomic mass is 9.80. The van der Waals surface area contributed by atoms with E-state index in [-0.39, 0.29) is 169 Å². The van der Waals surface area contributed by atoms with Gasteiger partial charge in [-0.2, -0.15) is 0 Å².